The molecule has 0 saturated heterocycles. The van der Waals surface area contributed by atoms with Gasteiger partial charge in [0.1, 0.15) is 6.07 Å². The van der Waals surface area contributed by atoms with E-state index >= 15 is 0 Å². The Hall–Kier alpha value is -1.000. The van der Waals surface area contributed by atoms with Gasteiger partial charge in [0.15, 0.2) is 0 Å². The van der Waals surface area contributed by atoms with Gasteiger partial charge in [0.05, 0.1) is 10.6 Å². The third-order valence-electron chi connectivity index (χ3n) is 2.10. The summed E-state index contributed by atoms with van der Waals surface area (Å²) in [7, 11) is 0. The average molecular weight is 194 g/mol. The van der Waals surface area contributed by atoms with Gasteiger partial charge in [0.25, 0.3) is 0 Å². The zero-order valence-corrected chi connectivity index (χ0v) is 8.81. The van der Waals surface area contributed by atoms with E-state index in [0.29, 0.717) is 16.5 Å². The van der Waals surface area contributed by atoms with E-state index in [1.165, 1.54) is 5.56 Å². The molecular weight excluding hydrogens is 182 g/mol. The van der Waals surface area contributed by atoms with E-state index in [9.17, 15) is 0 Å². The van der Waals surface area contributed by atoms with E-state index in [1.54, 1.807) is 0 Å². The highest BCUT2D eigenvalue weighted by molar-refractivity contribution is 6.31. The summed E-state index contributed by atoms with van der Waals surface area (Å²) in [5.41, 5.74) is 2.91. The second-order valence-electron chi connectivity index (χ2n) is 3.46. The van der Waals surface area contributed by atoms with Crippen molar-refractivity contribution in [3.8, 4) is 6.07 Å². The summed E-state index contributed by atoms with van der Waals surface area (Å²) >= 11 is 5.92. The van der Waals surface area contributed by atoms with E-state index in [1.807, 2.05) is 19.1 Å². The number of nitriles is 1. The van der Waals surface area contributed by atoms with Crippen LogP contribution in [0.25, 0.3) is 0 Å². The fourth-order valence-electron chi connectivity index (χ4n) is 1.40. The first-order chi connectivity index (χ1) is 6.06. The highest BCUT2D eigenvalue weighted by atomic mass is 35.5. The largest absolute Gasteiger partial charge is 0.192 e. The summed E-state index contributed by atoms with van der Waals surface area (Å²) in [5, 5.41) is 9.29. The first-order valence-electron chi connectivity index (χ1n) is 4.26. The fourth-order valence-corrected chi connectivity index (χ4v) is 1.62. The van der Waals surface area contributed by atoms with Crippen LogP contribution in [-0.2, 0) is 0 Å². The maximum absolute atomic E-state index is 8.74. The summed E-state index contributed by atoms with van der Waals surface area (Å²) < 4.78 is 0. The van der Waals surface area contributed by atoms with Crippen molar-refractivity contribution in [2.75, 3.05) is 0 Å². The van der Waals surface area contributed by atoms with Gasteiger partial charge in [-0.1, -0.05) is 25.4 Å². The summed E-state index contributed by atoms with van der Waals surface area (Å²) in [4.78, 5) is 0. The van der Waals surface area contributed by atoms with Gasteiger partial charge in [-0.2, -0.15) is 5.26 Å². The van der Waals surface area contributed by atoms with Crippen LogP contribution in [-0.4, -0.2) is 0 Å². The Morgan fingerprint density at radius 2 is 2.00 bits per heavy atom. The van der Waals surface area contributed by atoms with Gasteiger partial charge in [-0.3, -0.25) is 0 Å². The van der Waals surface area contributed by atoms with Crippen LogP contribution >= 0.6 is 11.6 Å². The molecule has 0 saturated carbocycles. The number of rotatable bonds is 1. The van der Waals surface area contributed by atoms with Crippen LogP contribution in [0.2, 0.25) is 5.02 Å². The molecule has 0 spiro atoms. The molecule has 0 fully saturated rings. The Morgan fingerprint density at radius 1 is 1.38 bits per heavy atom. The van der Waals surface area contributed by atoms with E-state index in [2.05, 4.69) is 19.9 Å². The molecule has 0 aliphatic carbocycles. The highest BCUT2D eigenvalue weighted by Crippen LogP contribution is 2.25. The number of nitrogens with zero attached hydrogens (tertiary/aromatic N) is 1. The van der Waals surface area contributed by atoms with Crippen LogP contribution < -0.4 is 0 Å². The van der Waals surface area contributed by atoms with Crippen molar-refractivity contribution in [1.82, 2.24) is 0 Å². The molecule has 0 bridgehead atoms. The molecule has 0 amide bonds. The van der Waals surface area contributed by atoms with Crippen molar-refractivity contribution in [3.63, 3.8) is 0 Å². The molecular formula is C11H12ClN. The molecule has 2 heteroatoms. The van der Waals surface area contributed by atoms with Crippen LogP contribution in [0.1, 0.15) is 36.5 Å². The molecule has 13 heavy (non-hydrogen) atoms. The Bertz CT molecular complexity index is 361. The normalized spacial score (nSPS) is 10.2. The zero-order valence-electron chi connectivity index (χ0n) is 8.06. The third-order valence-corrected chi connectivity index (χ3v) is 2.41. The topological polar surface area (TPSA) is 23.8 Å². The number of hydrogen-bond donors (Lipinski definition) is 0. The molecule has 1 aromatic carbocycles. The summed E-state index contributed by atoms with van der Waals surface area (Å²) in [6.07, 6.45) is 0. The summed E-state index contributed by atoms with van der Waals surface area (Å²) in [6.45, 7) is 6.24. The predicted octanol–water partition coefficient (Wildman–Crippen LogP) is 3.64. The van der Waals surface area contributed by atoms with E-state index in [0.717, 1.165) is 5.56 Å². The molecule has 68 valence electrons. The van der Waals surface area contributed by atoms with Crippen molar-refractivity contribution >= 4 is 11.6 Å². The lowest BCUT2D eigenvalue weighted by Crippen LogP contribution is -1.93. The Balaban J connectivity index is 3.31. The number of benzene rings is 1. The molecule has 0 aliphatic rings. The van der Waals surface area contributed by atoms with Crippen molar-refractivity contribution in [2.45, 2.75) is 26.7 Å². The monoisotopic (exact) mass is 193 g/mol. The summed E-state index contributed by atoms with van der Waals surface area (Å²) in [6, 6.07) is 5.80. The first kappa shape index (κ1) is 10.1. The van der Waals surface area contributed by atoms with Crippen LogP contribution in [0.15, 0.2) is 12.1 Å². The van der Waals surface area contributed by atoms with Gasteiger partial charge in [0, 0.05) is 0 Å². The van der Waals surface area contributed by atoms with Crippen molar-refractivity contribution in [3.05, 3.63) is 33.8 Å². The molecule has 1 nitrogen and oxygen atoms in total. The van der Waals surface area contributed by atoms with E-state index in [-0.39, 0.29) is 0 Å². The quantitative estimate of drug-likeness (QED) is 0.668. The maximum atomic E-state index is 8.74. The lowest BCUT2D eigenvalue weighted by molar-refractivity contribution is 0.856. The van der Waals surface area contributed by atoms with E-state index < -0.39 is 0 Å². The molecule has 1 rings (SSSR count). The van der Waals surface area contributed by atoms with Crippen LogP contribution in [0.4, 0.5) is 0 Å². The molecule has 0 heterocycles. The minimum Gasteiger partial charge on any atom is -0.192 e. The van der Waals surface area contributed by atoms with Crippen LogP contribution in [0.3, 0.4) is 0 Å². The van der Waals surface area contributed by atoms with Crippen molar-refractivity contribution in [2.24, 2.45) is 0 Å². The summed E-state index contributed by atoms with van der Waals surface area (Å²) in [5.74, 6) is 0.449. The minimum atomic E-state index is 0.449. The van der Waals surface area contributed by atoms with Gasteiger partial charge in [-0.25, -0.2) is 0 Å². The standard InChI is InChI=1S/C11H12ClN/c1-7(2)10-5-11(12)9(6-13)4-8(10)3/h4-5,7H,1-3H3. The smallest absolute Gasteiger partial charge is 0.101 e. The Morgan fingerprint density at radius 3 is 2.46 bits per heavy atom. The lowest BCUT2D eigenvalue weighted by atomic mass is 9.96. The second-order valence-corrected chi connectivity index (χ2v) is 3.86. The first-order valence-corrected chi connectivity index (χ1v) is 4.64. The molecule has 0 atom stereocenters. The Labute approximate surface area is 84.0 Å². The molecule has 1 aromatic rings. The highest BCUT2D eigenvalue weighted by Gasteiger charge is 2.07. The molecule has 0 unspecified atom stereocenters. The molecule has 0 aromatic heterocycles. The van der Waals surface area contributed by atoms with Crippen molar-refractivity contribution in [1.29, 1.82) is 5.26 Å². The van der Waals surface area contributed by atoms with Gasteiger partial charge >= 0.3 is 0 Å². The predicted molar refractivity (Wildman–Crippen MR) is 55.0 cm³/mol. The average Bonchev–Trinajstić information content (AvgIpc) is 2.07. The number of halogens is 1. The molecule has 0 N–H and O–H groups in total. The van der Waals surface area contributed by atoms with Gasteiger partial charge < -0.3 is 0 Å². The SMILES string of the molecule is Cc1cc(C#N)c(Cl)cc1C(C)C. The second kappa shape index (κ2) is 3.81. The number of aryl methyl sites for hydroxylation is 1. The van der Waals surface area contributed by atoms with Gasteiger partial charge in [-0.15, -0.1) is 0 Å². The van der Waals surface area contributed by atoms with Gasteiger partial charge in [0.2, 0.25) is 0 Å². The fraction of sp³-hybridized carbons (Fsp3) is 0.364. The number of hydrogen-bond acceptors (Lipinski definition) is 1. The van der Waals surface area contributed by atoms with Crippen LogP contribution in [0.5, 0.6) is 0 Å². The molecule has 0 radical (unpaired) electrons. The van der Waals surface area contributed by atoms with Crippen molar-refractivity contribution < 1.29 is 0 Å². The van der Waals surface area contributed by atoms with Crippen LogP contribution in [0, 0.1) is 18.3 Å². The maximum Gasteiger partial charge on any atom is 0.101 e. The minimum absolute atomic E-state index is 0.449. The van der Waals surface area contributed by atoms with Gasteiger partial charge in [-0.05, 0) is 36.1 Å². The zero-order chi connectivity index (χ0) is 10.0. The molecule has 0 aliphatic heterocycles. The third kappa shape index (κ3) is 2.02. The lowest BCUT2D eigenvalue weighted by Gasteiger charge is -2.10. The Kier molecular flexibility index (Phi) is 2.95. The van der Waals surface area contributed by atoms with E-state index in [4.69, 9.17) is 16.9 Å².